The third kappa shape index (κ3) is 6.30. The minimum absolute atomic E-state index is 0.0974. The van der Waals surface area contributed by atoms with E-state index in [1.165, 1.54) is 5.56 Å². The summed E-state index contributed by atoms with van der Waals surface area (Å²) in [6.07, 6.45) is 1.00. The summed E-state index contributed by atoms with van der Waals surface area (Å²) in [5.41, 5.74) is 1.19. The summed E-state index contributed by atoms with van der Waals surface area (Å²) >= 11 is 0. The van der Waals surface area contributed by atoms with Crippen LogP contribution in [0.5, 0.6) is 11.5 Å². The van der Waals surface area contributed by atoms with E-state index < -0.39 is 0 Å². The van der Waals surface area contributed by atoms with Gasteiger partial charge in [-0.05, 0) is 31.0 Å². The molecule has 0 radical (unpaired) electrons. The number of hydrogen-bond donors (Lipinski definition) is 2. The van der Waals surface area contributed by atoms with Gasteiger partial charge < -0.3 is 29.7 Å². The molecule has 1 saturated heterocycles. The average molecular weight is 393 g/mol. The normalized spacial score (nSPS) is 16.8. The van der Waals surface area contributed by atoms with Crippen LogP contribution in [0.3, 0.4) is 0 Å². The number of hydrogen-bond acceptors (Lipinski definition) is 5. The lowest BCUT2D eigenvalue weighted by Crippen LogP contribution is -2.41. The van der Waals surface area contributed by atoms with Crippen LogP contribution in [0.2, 0.25) is 0 Å². The van der Waals surface area contributed by atoms with Gasteiger partial charge in [-0.2, -0.15) is 0 Å². The van der Waals surface area contributed by atoms with Gasteiger partial charge in [-0.15, -0.1) is 0 Å². The molecular formula is C20H32N4O4. The van der Waals surface area contributed by atoms with Crippen molar-refractivity contribution >= 4 is 11.9 Å². The number of benzene rings is 1. The Morgan fingerprint density at radius 3 is 2.50 bits per heavy atom. The van der Waals surface area contributed by atoms with E-state index in [-0.39, 0.29) is 12.5 Å². The van der Waals surface area contributed by atoms with Gasteiger partial charge in [-0.1, -0.05) is 0 Å². The number of nitrogens with one attached hydrogen (secondary N) is 2. The fourth-order valence-electron chi connectivity index (χ4n) is 3.21. The van der Waals surface area contributed by atoms with Gasteiger partial charge >= 0.3 is 0 Å². The van der Waals surface area contributed by atoms with Crippen LogP contribution < -0.4 is 20.1 Å². The molecule has 1 fully saturated rings. The van der Waals surface area contributed by atoms with Gasteiger partial charge in [0.15, 0.2) is 5.96 Å². The molecule has 2 rings (SSSR count). The lowest BCUT2D eigenvalue weighted by molar-refractivity contribution is -0.119. The molecule has 1 aromatic rings. The number of aliphatic imine (C=N–C) groups is 1. The molecule has 0 bridgehead atoms. The van der Waals surface area contributed by atoms with E-state index in [4.69, 9.17) is 14.2 Å². The molecule has 1 aliphatic rings. The molecule has 0 aliphatic carbocycles. The first-order chi connectivity index (χ1) is 13.6. The maximum absolute atomic E-state index is 11.9. The first-order valence-electron chi connectivity index (χ1n) is 9.63. The number of nitrogens with zero attached hydrogens (tertiary/aromatic N) is 2. The van der Waals surface area contributed by atoms with Crippen LogP contribution in [0.1, 0.15) is 24.8 Å². The highest BCUT2D eigenvalue weighted by Gasteiger charge is 2.27. The minimum atomic E-state index is -0.110. The summed E-state index contributed by atoms with van der Waals surface area (Å²) in [5.74, 6) is 2.59. The Morgan fingerprint density at radius 1 is 1.18 bits per heavy atom. The Bertz CT molecular complexity index is 643. The van der Waals surface area contributed by atoms with Crippen molar-refractivity contribution in [3.63, 3.8) is 0 Å². The topological polar surface area (TPSA) is 84.4 Å². The van der Waals surface area contributed by atoms with E-state index in [0.717, 1.165) is 43.5 Å². The predicted molar refractivity (Wildman–Crippen MR) is 109 cm³/mol. The number of rotatable bonds is 9. The Kier molecular flexibility index (Phi) is 8.87. The summed E-state index contributed by atoms with van der Waals surface area (Å²) < 4.78 is 15.7. The zero-order valence-corrected chi connectivity index (χ0v) is 17.3. The van der Waals surface area contributed by atoms with Crippen molar-refractivity contribution in [2.45, 2.75) is 19.3 Å². The zero-order chi connectivity index (χ0) is 20.4. The SMILES string of the molecule is CCNC(=NCC(=O)NCCOC)N1CCC(c2cc(OC)cc(OC)c2)C1. The maximum Gasteiger partial charge on any atom is 0.241 e. The lowest BCUT2D eigenvalue weighted by Gasteiger charge is -2.22. The van der Waals surface area contributed by atoms with Gasteiger partial charge in [0.1, 0.15) is 18.0 Å². The van der Waals surface area contributed by atoms with Gasteiger partial charge in [-0.25, -0.2) is 4.99 Å². The van der Waals surface area contributed by atoms with Crippen molar-refractivity contribution in [1.82, 2.24) is 15.5 Å². The lowest BCUT2D eigenvalue weighted by atomic mass is 9.98. The van der Waals surface area contributed by atoms with E-state index >= 15 is 0 Å². The van der Waals surface area contributed by atoms with Crippen LogP contribution >= 0.6 is 0 Å². The standard InChI is InChI=1S/C20H32N4O4/c1-5-21-20(23-13-19(25)22-7-9-26-2)24-8-6-15(14-24)16-10-17(27-3)12-18(11-16)28-4/h10-12,15H,5-9,13-14H2,1-4H3,(H,21,23)(H,22,25). The zero-order valence-electron chi connectivity index (χ0n) is 17.3. The number of carbonyl (C=O) groups is 1. The second-order valence-electron chi connectivity index (χ2n) is 6.59. The molecule has 1 aliphatic heterocycles. The molecule has 0 aromatic heterocycles. The Hall–Kier alpha value is -2.48. The predicted octanol–water partition coefficient (Wildman–Crippen LogP) is 1.22. The number of ether oxygens (including phenoxy) is 3. The molecule has 28 heavy (non-hydrogen) atoms. The second kappa shape index (κ2) is 11.4. The average Bonchev–Trinajstić information content (AvgIpc) is 3.21. The van der Waals surface area contributed by atoms with Gasteiger partial charge in [0, 0.05) is 45.3 Å². The molecule has 1 amide bonds. The quantitative estimate of drug-likeness (QED) is 0.374. The van der Waals surface area contributed by atoms with Crippen molar-refractivity contribution in [1.29, 1.82) is 0 Å². The highest BCUT2D eigenvalue weighted by atomic mass is 16.5. The molecule has 1 heterocycles. The third-order valence-electron chi connectivity index (χ3n) is 4.67. The molecule has 156 valence electrons. The molecule has 0 saturated carbocycles. The summed E-state index contributed by atoms with van der Waals surface area (Å²) in [5, 5.41) is 6.07. The maximum atomic E-state index is 11.9. The largest absolute Gasteiger partial charge is 0.497 e. The van der Waals surface area contributed by atoms with Crippen LogP contribution in [-0.4, -0.2) is 77.4 Å². The fraction of sp³-hybridized carbons (Fsp3) is 0.600. The molecule has 2 N–H and O–H groups in total. The molecule has 0 spiro atoms. The van der Waals surface area contributed by atoms with Gasteiger partial charge in [0.05, 0.1) is 20.8 Å². The monoisotopic (exact) mass is 392 g/mol. The van der Waals surface area contributed by atoms with E-state index in [1.807, 2.05) is 13.0 Å². The van der Waals surface area contributed by atoms with Crippen LogP contribution in [0, 0.1) is 0 Å². The van der Waals surface area contributed by atoms with Crippen LogP contribution in [0.25, 0.3) is 0 Å². The minimum Gasteiger partial charge on any atom is -0.497 e. The number of amides is 1. The molecule has 8 heteroatoms. The van der Waals surface area contributed by atoms with E-state index in [1.54, 1.807) is 21.3 Å². The first kappa shape index (κ1) is 21.8. The Morgan fingerprint density at radius 2 is 1.89 bits per heavy atom. The Balaban J connectivity index is 2.02. The highest BCUT2D eigenvalue weighted by Crippen LogP contribution is 2.32. The molecule has 1 unspecified atom stereocenters. The molecular weight excluding hydrogens is 360 g/mol. The van der Waals surface area contributed by atoms with E-state index in [9.17, 15) is 4.79 Å². The van der Waals surface area contributed by atoms with E-state index in [2.05, 4.69) is 32.7 Å². The molecule has 1 aromatic carbocycles. The van der Waals surface area contributed by atoms with Crippen molar-refractivity contribution in [2.24, 2.45) is 4.99 Å². The fourth-order valence-corrected chi connectivity index (χ4v) is 3.21. The molecule has 8 nitrogen and oxygen atoms in total. The number of carbonyl (C=O) groups excluding carboxylic acids is 1. The van der Waals surface area contributed by atoms with Crippen LogP contribution in [-0.2, 0) is 9.53 Å². The number of likely N-dealkylation sites (tertiary alicyclic amines) is 1. The van der Waals surface area contributed by atoms with Crippen molar-refractivity contribution in [3.05, 3.63) is 23.8 Å². The summed E-state index contributed by atoms with van der Waals surface area (Å²) in [7, 11) is 4.93. The summed E-state index contributed by atoms with van der Waals surface area (Å²) in [4.78, 5) is 18.6. The Labute approximate surface area is 167 Å². The van der Waals surface area contributed by atoms with E-state index in [0.29, 0.717) is 19.1 Å². The smallest absolute Gasteiger partial charge is 0.241 e. The second-order valence-corrected chi connectivity index (χ2v) is 6.59. The van der Waals surface area contributed by atoms with Gasteiger partial charge in [0.25, 0.3) is 0 Å². The van der Waals surface area contributed by atoms with Gasteiger partial charge in [0.2, 0.25) is 5.91 Å². The van der Waals surface area contributed by atoms with Crippen LogP contribution in [0.4, 0.5) is 0 Å². The third-order valence-corrected chi connectivity index (χ3v) is 4.67. The van der Waals surface area contributed by atoms with Crippen molar-refractivity contribution in [3.8, 4) is 11.5 Å². The number of guanidine groups is 1. The van der Waals surface area contributed by atoms with Crippen LogP contribution in [0.15, 0.2) is 23.2 Å². The summed E-state index contributed by atoms with van der Waals surface area (Å²) in [6, 6.07) is 6.00. The molecule has 1 atom stereocenters. The first-order valence-corrected chi connectivity index (χ1v) is 9.63. The number of methoxy groups -OCH3 is 3. The van der Waals surface area contributed by atoms with Gasteiger partial charge in [-0.3, -0.25) is 4.79 Å². The van der Waals surface area contributed by atoms with Crippen molar-refractivity contribution < 1.29 is 19.0 Å². The van der Waals surface area contributed by atoms with Crippen molar-refractivity contribution in [2.75, 3.05) is 60.7 Å². The highest BCUT2D eigenvalue weighted by molar-refractivity contribution is 5.85. The summed E-state index contributed by atoms with van der Waals surface area (Å²) in [6.45, 7) is 5.56.